The highest BCUT2D eigenvalue weighted by Gasteiger charge is 2.12. The van der Waals surface area contributed by atoms with E-state index in [2.05, 4.69) is 10.3 Å². The van der Waals surface area contributed by atoms with Gasteiger partial charge in [0, 0.05) is 16.8 Å². The Kier molecular flexibility index (Phi) is 4.84. The van der Waals surface area contributed by atoms with E-state index < -0.39 is 5.97 Å². The topological polar surface area (TPSA) is 88.5 Å². The molecule has 0 unspecified atom stereocenters. The van der Waals surface area contributed by atoms with E-state index in [0.29, 0.717) is 11.4 Å². The number of ether oxygens (including phenoxy) is 1. The number of anilines is 2. The molecule has 3 rings (SSSR count). The van der Waals surface area contributed by atoms with Crippen molar-refractivity contribution < 1.29 is 19.4 Å². The van der Waals surface area contributed by atoms with Crippen molar-refractivity contribution in [3.63, 3.8) is 0 Å². The van der Waals surface area contributed by atoms with Crippen LogP contribution in [0.5, 0.6) is 0 Å². The molecule has 0 bridgehead atoms. The minimum atomic E-state index is -0.987. The average Bonchev–Trinajstić information content (AvgIpc) is 2.63. The number of para-hydroxylation sites is 1. The molecule has 2 aromatic carbocycles. The van der Waals surface area contributed by atoms with E-state index in [0.717, 1.165) is 22.2 Å². The van der Waals surface area contributed by atoms with Crippen LogP contribution in [0.2, 0.25) is 0 Å². The van der Waals surface area contributed by atoms with Gasteiger partial charge in [0.05, 0.1) is 30.3 Å². The van der Waals surface area contributed by atoms with Gasteiger partial charge in [-0.05, 0) is 36.8 Å². The van der Waals surface area contributed by atoms with Gasteiger partial charge in [-0.2, -0.15) is 0 Å². The molecular weight excluding hydrogens is 332 g/mol. The predicted molar refractivity (Wildman–Crippen MR) is 98.9 cm³/mol. The van der Waals surface area contributed by atoms with Crippen LogP contribution in [0.25, 0.3) is 10.9 Å². The molecule has 0 amide bonds. The second-order valence-electron chi connectivity index (χ2n) is 5.89. The fourth-order valence-electron chi connectivity index (χ4n) is 2.68. The lowest BCUT2D eigenvalue weighted by molar-refractivity contribution is -0.139. The summed E-state index contributed by atoms with van der Waals surface area (Å²) in [6.45, 7) is 1.90. The monoisotopic (exact) mass is 350 g/mol. The Balaban J connectivity index is 2.07. The number of rotatable bonds is 5. The highest BCUT2D eigenvalue weighted by Crippen LogP contribution is 2.29. The van der Waals surface area contributed by atoms with Crippen molar-refractivity contribution in [3.8, 4) is 0 Å². The van der Waals surface area contributed by atoms with Crippen molar-refractivity contribution >= 4 is 34.2 Å². The number of pyridine rings is 1. The number of carboxylic acids is 1. The quantitative estimate of drug-likeness (QED) is 0.682. The number of aromatic nitrogens is 1. The fraction of sp³-hybridized carbons (Fsp3) is 0.150. The molecular formula is C20H18N2O4. The van der Waals surface area contributed by atoms with Crippen LogP contribution in [0.4, 0.5) is 11.4 Å². The summed E-state index contributed by atoms with van der Waals surface area (Å²) >= 11 is 0. The summed E-state index contributed by atoms with van der Waals surface area (Å²) in [6, 6.07) is 14.2. The molecule has 6 heteroatoms. The number of hydrogen-bond donors (Lipinski definition) is 2. The first kappa shape index (κ1) is 17.4. The number of methoxy groups -OCH3 is 1. The van der Waals surface area contributed by atoms with Gasteiger partial charge in [0.1, 0.15) is 0 Å². The molecule has 0 aliphatic heterocycles. The lowest BCUT2D eigenvalue weighted by Gasteiger charge is -2.14. The molecule has 0 spiro atoms. The van der Waals surface area contributed by atoms with Crippen molar-refractivity contribution in [3.05, 3.63) is 65.4 Å². The first-order valence-corrected chi connectivity index (χ1v) is 8.04. The van der Waals surface area contributed by atoms with Gasteiger partial charge in [0.15, 0.2) is 0 Å². The molecule has 0 saturated carbocycles. The lowest BCUT2D eigenvalue weighted by atomic mass is 10.1. The van der Waals surface area contributed by atoms with Crippen molar-refractivity contribution in [2.45, 2.75) is 13.3 Å². The highest BCUT2D eigenvalue weighted by atomic mass is 16.5. The third-order valence-electron chi connectivity index (χ3n) is 4.08. The van der Waals surface area contributed by atoms with Crippen molar-refractivity contribution in [1.29, 1.82) is 0 Å². The molecule has 26 heavy (non-hydrogen) atoms. The minimum Gasteiger partial charge on any atom is -0.478 e. The average molecular weight is 350 g/mol. The summed E-state index contributed by atoms with van der Waals surface area (Å²) in [4.78, 5) is 27.4. The van der Waals surface area contributed by atoms with Gasteiger partial charge in [0.25, 0.3) is 0 Å². The number of carbonyl (C=O) groups excluding carboxylic acids is 1. The lowest BCUT2D eigenvalue weighted by Crippen LogP contribution is -2.07. The van der Waals surface area contributed by atoms with Crippen LogP contribution in [0.3, 0.4) is 0 Å². The molecule has 3 aromatic rings. The van der Waals surface area contributed by atoms with Crippen LogP contribution in [0.15, 0.2) is 48.5 Å². The van der Waals surface area contributed by atoms with Gasteiger partial charge < -0.3 is 15.2 Å². The van der Waals surface area contributed by atoms with E-state index >= 15 is 0 Å². The van der Waals surface area contributed by atoms with E-state index in [1.165, 1.54) is 7.11 Å². The minimum absolute atomic E-state index is 0.0597. The first-order valence-electron chi connectivity index (χ1n) is 8.04. The van der Waals surface area contributed by atoms with E-state index in [1.54, 1.807) is 24.3 Å². The van der Waals surface area contributed by atoms with Crippen LogP contribution in [0.1, 0.15) is 21.6 Å². The van der Waals surface area contributed by atoms with Gasteiger partial charge in [-0.3, -0.25) is 9.78 Å². The Bertz CT molecular complexity index is 998. The number of carbonyl (C=O) groups is 2. The molecule has 0 aliphatic carbocycles. The van der Waals surface area contributed by atoms with Crippen molar-refractivity contribution in [2.75, 3.05) is 12.4 Å². The van der Waals surface area contributed by atoms with Gasteiger partial charge in [-0.15, -0.1) is 0 Å². The van der Waals surface area contributed by atoms with Crippen LogP contribution >= 0.6 is 0 Å². The third kappa shape index (κ3) is 3.64. The van der Waals surface area contributed by atoms with Crippen molar-refractivity contribution in [2.24, 2.45) is 0 Å². The maximum Gasteiger partial charge on any atom is 0.335 e. The number of aromatic carboxylic acids is 1. The standard InChI is InChI=1S/C20H18N2O4/c1-12-7-8-13(20(24)25)9-17(12)22-18-10-14(11-19(23)26-2)21-16-6-4-3-5-15(16)18/h3-10H,11H2,1-2H3,(H,21,22)(H,24,25). The van der Waals surface area contributed by atoms with E-state index in [1.807, 2.05) is 31.2 Å². The van der Waals surface area contributed by atoms with E-state index in [-0.39, 0.29) is 18.0 Å². The Morgan fingerprint density at radius 1 is 1.12 bits per heavy atom. The number of nitrogens with one attached hydrogen (secondary N) is 1. The van der Waals surface area contributed by atoms with Crippen LogP contribution in [-0.2, 0) is 16.0 Å². The summed E-state index contributed by atoms with van der Waals surface area (Å²) in [5.41, 5.74) is 3.86. The van der Waals surface area contributed by atoms with Gasteiger partial charge in [0.2, 0.25) is 0 Å². The summed E-state index contributed by atoms with van der Waals surface area (Å²) in [5.74, 6) is -1.36. The maximum atomic E-state index is 11.6. The smallest absolute Gasteiger partial charge is 0.335 e. The maximum absolute atomic E-state index is 11.6. The number of carboxylic acid groups (broad SMARTS) is 1. The molecule has 0 aliphatic rings. The summed E-state index contributed by atoms with van der Waals surface area (Å²) in [7, 11) is 1.34. The Hall–Kier alpha value is -3.41. The van der Waals surface area contributed by atoms with Crippen LogP contribution in [0, 0.1) is 6.92 Å². The molecule has 0 fully saturated rings. The van der Waals surface area contributed by atoms with Gasteiger partial charge in [-0.25, -0.2) is 4.79 Å². The molecule has 132 valence electrons. The molecule has 1 heterocycles. The summed E-state index contributed by atoms with van der Waals surface area (Å²) < 4.78 is 4.72. The SMILES string of the molecule is COC(=O)Cc1cc(Nc2cc(C(=O)O)ccc2C)c2ccccc2n1. The Morgan fingerprint density at radius 3 is 2.62 bits per heavy atom. The third-order valence-corrected chi connectivity index (χ3v) is 4.08. The predicted octanol–water partition coefficient (Wildman–Crippen LogP) is 3.70. The normalized spacial score (nSPS) is 10.5. The van der Waals surface area contributed by atoms with Crippen LogP contribution in [-0.4, -0.2) is 29.1 Å². The zero-order valence-corrected chi connectivity index (χ0v) is 14.4. The largest absolute Gasteiger partial charge is 0.478 e. The number of benzene rings is 2. The Labute approximate surface area is 150 Å². The second-order valence-corrected chi connectivity index (χ2v) is 5.89. The molecule has 0 atom stereocenters. The van der Waals surface area contributed by atoms with E-state index in [9.17, 15) is 14.7 Å². The highest BCUT2D eigenvalue weighted by molar-refractivity contribution is 5.95. The second kappa shape index (κ2) is 7.23. The number of fused-ring (bicyclic) bond motifs is 1. The molecule has 1 aromatic heterocycles. The summed E-state index contributed by atoms with van der Waals surface area (Å²) in [6.07, 6.45) is 0.0597. The number of nitrogens with zero attached hydrogens (tertiary/aromatic N) is 1. The van der Waals surface area contributed by atoms with E-state index in [4.69, 9.17) is 4.74 Å². The number of esters is 1. The molecule has 0 radical (unpaired) electrons. The van der Waals surface area contributed by atoms with Gasteiger partial charge in [-0.1, -0.05) is 24.3 Å². The first-order chi connectivity index (χ1) is 12.5. The number of hydrogen-bond acceptors (Lipinski definition) is 5. The summed E-state index contributed by atoms with van der Waals surface area (Å²) in [5, 5.41) is 13.4. The fourth-order valence-corrected chi connectivity index (χ4v) is 2.68. The van der Waals surface area contributed by atoms with Gasteiger partial charge >= 0.3 is 11.9 Å². The molecule has 6 nitrogen and oxygen atoms in total. The van der Waals surface area contributed by atoms with Crippen molar-refractivity contribution in [1.82, 2.24) is 4.98 Å². The van der Waals surface area contributed by atoms with Crippen LogP contribution < -0.4 is 5.32 Å². The zero-order chi connectivity index (χ0) is 18.7. The zero-order valence-electron chi connectivity index (χ0n) is 14.4. The molecule has 2 N–H and O–H groups in total. The number of aryl methyl sites for hydroxylation is 1. The Morgan fingerprint density at radius 2 is 1.88 bits per heavy atom. The molecule has 0 saturated heterocycles.